The van der Waals surface area contributed by atoms with Crippen LogP contribution in [0.25, 0.3) is 21.2 Å². The van der Waals surface area contributed by atoms with Crippen LogP contribution >= 0.6 is 11.3 Å². The molecule has 0 saturated heterocycles. The van der Waals surface area contributed by atoms with E-state index in [2.05, 4.69) is 9.72 Å². The first-order valence-corrected chi connectivity index (χ1v) is 8.24. The Labute approximate surface area is 156 Å². The average Bonchev–Trinajstić information content (AvgIpc) is 3.09. The maximum absolute atomic E-state index is 12.6. The van der Waals surface area contributed by atoms with Gasteiger partial charge in [0, 0.05) is 21.9 Å². The second-order valence-corrected chi connectivity index (χ2v) is 6.54. The molecule has 0 aliphatic rings. The molecule has 0 aliphatic heterocycles. The summed E-state index contributed by atoms with van der Waals surface area (Å²) < 4.78 is 79.4. The first-order chi connectivity index (χ1) is 13.0. The Morgan fingerprint density at radius 1 is 0.893 bits per heavy atom. The van der Waals surface area contributed by atoms with Gasteiger partial charge in [0.1, 0.15) is 0 Å². The largest absolute Gasteiger partial charge is 0.491 e. The third kappa shape index (κ3) is 3.84. The van der Waals surface area contributed by atoms with E-state index < -0.39 is 34.9 Å². The van der Waals surface area contributed by atoms with Gasteiger partial charge in [-0.05, 0) is 18.2 Å². The lowest BCUT2D eigenvalue weighted by atomic mass is 10.0. The van der Waals surface area contributed by atoms with E-state index in [1.807, 2.05) is 0 Å². The van der Waals surface area contributed by atoms with Crippen molar-refractivity contribution in [1.29, 1.82) is 0 Å². The van der Waals surface area contributed by atoms with E-state index in [1.165, 1.54) is 36.5 Å². The highest BCUT2D eigenvalue weighted by molar-refractivity contribution is 7.17. The first-order valence-electron chi connectivity index (χ1n) is 7.42. The van der Waals surface area contributed by atoms with Gasteiger partial charge < -0.3 is 4.74 Å². The number of H-pyrrole nitrogens is 1. The minimum Gasteiger partial charge on any atom is -0.363 e. The summed E-state index contributed by atoms with van der Waals surface area (Å²) >= 11 is 0.592. The normalized spacial score (nSPS) is 12.2. The van der Waals surface area contributed by atoms with E-state index in [-0.39, 0.29) is 10.3 Å². The number of pyridine rings is 1. The second kappa shape index (κ2) is 6.89. The molecular weight excluding hydrogens is 412 g/mol. The minimum absolute atomic E-state index is 0.106. The van der Waals surface area contributed by atoms with E-state index in [4.69, 9.17) is 0 Å². The number of ether oxygens (including phenoxy) is 1. The van der Waals surface area contributed by atoms with Crippen LogP contribution in [0.5, 0.6) is 5.88 Å². The second-order valence-electron chi connectivity index (χ2n) is 5.45. The zero-order valence-corrected chi connectivity index (χ0v) is 14.3. The summed E-state index contributed by atoms with van der Waals surface area (Å²) in [5.41, 5.74) is 0.363. The molecule has 0 radical (unpaired) electrons. The van der Waals surface area contributed by atoms with Crippen molar-refractivity contribution in [3.63, 3.8) is 0 Å². The Balaban J connectivity index is 2.05. The number of nitrogens with one attached hydrogen (secondary N) is 1. The van der Waals surface area contributed by atoms with Gasteiger partial charge in [-0.25, -0.2) is 4.79 Å². The maximum Gasteiger partial charge on any atom is 0.491 e. The molecule has 0 amide bonds. The summed E-state index contributed by atoms with van der Waals surface area (Å²) in [6.07, 6.45) is -9.00. The van der Waals surface area contributed by atoms with Gasteiger partial charge in [-0.15, -0.1) is 11.3 Å². The Morgan fingerprint density at radius 2 is 1.61 bits per heavy atom. The molecule has 11 heteroatoms. The zero-order valence-electron chi connectivity index (χ0n) is 13.4. The van der Waals surface area contributed by atoms with Crippen molar-refractivity contribution in [2.24, 2.45) is 0 Å². The van der Waals surface area contributed by atoms with E-state index >= 15 is 0 Å². The molecule has 146 valence electrons. The number of carbonyl (C=O) groups excluding carboxylic acids is 2. The van der Waals surface area contributed by atoms with Crippen LogP contribution in [0.2, 0.25) is 0 Å². The number of fused-ring (bicyclic) bond motifs is 1. The SMILES string of the molecule is O=C(Oc1[nH+]ccc2c(-c3ccc(C(=O)C(F)(F)F)s3)cccc12)C(F)(F)F. The fourth-order valence-electron chi connectivity index (χ4n) is 2.42. The number of rotatable bonds is 3. The summed E-state index contributed by atoms with van der Waals surface area (Å²) in [6, 6.07) is 8.11. The lowest BCUT2D eigenvalue weighted by molar-refractivity contribution is -0.390. The number of hydrogen-bond acceptors (Lipinski definition) is 4. The summed E-state index contributed by atoms with van der Waals surface area (Å²) in [4.78, 5) is 24.6. The van der Waals surface area contributed by atoms with Crippen LogP contribution in [0.3, 0.4) is 0 Å². The fourth-order valence-corrected chi connectivity index (χ4v) is 3.42. The molecule has 0 aliphatic carbocycles. The van der Waals surface area contributed by atoms with Crippen LogP contribution in [0.4, 0.5) is 26.3 Å². The number of aromatic amines is 1. The summed E-state index contributed by atoms with van der Waals surface area (Å²) in [5.74, 6) is -4.88. The van der Waals surface area contributed by atoms with Crippen molar-refractivity contribution in [3.05, 3.63) is 47.5 Å². The molecule has 1 aromatic carbocycles. The van der Waals surface area contributed by atoms with Gasteiger partial charge in [-0.1, -0.05) is 12.1 Å². The highest BCUT2D eigenvalue weighted by Crippen LogP contribution is 2.37. The van der Waals surface area contributed by atoms with Crippen molar-refractivity contribution >= 4 is 33.9 Å². The Hall–Kier alpha value is -2.95. The number of thiophene rings is 1. The van der Waals surface area contributed by atoms with E-state index in [0.29, 0.717) is 22.3 Å². The molecule has 3 aromatic rings. The number of ketones is 1. The van der Waals surface area contributed by atoms with E-state index in [0.717, 1.165) is 6.07 Å². The third-order valence-electron chi connectivity index (χ3n) is 3.59. The van der Waals surface area contributed by atoms with Gasteiger partial charge in [0.25, 0.3) is 5.78 Å². The average molecular weight is 420 g/mol. The number of aromatic nitrogens is 1. The Kier molecular flexibility index (Phi) is 4.88. The van der Waals surface area contributed by atoms with Gasteiger partial charge in [0.2, 0.25) is 0 Å². The van der Waals surface area contributed by atoms with Crippen LogP contribution in [0.1, 0.15) is 9.67 Å². The fraction of sp³-hybridized carbons (Fsp3) is 0.118. The standard InChI is InChI=1S/C17H7F6NO3S/c18-16(19,20)13(25)12-5-4-11(28-12)9-2-1-3-10-8(9)6-7-24-14(10)27-15(26)17(21,22)23/h1-7H/p+1. The highest BCUT2D eigenvalue weighted by atomic mass is 32.1. The molecular formula is C17H8F6NO3S+. The van der Waals surface area contributed by atoms with Gasteiger partial charge in [-0.2, -0.15) is 31.3 Å². The molecule has 0 saturated carbocycles. The maximum atomic E-state index is 12.6. The number of benzene rings is 1. The molecule has 0 atom stereocenters. The Bertz CT molecular complexity index is 1070. The number of Topliss-reactive ketones (excluding diaryl/α,β-unsaturated/α-hetero) is 1. The molecule has 28 heavy (non-hydrogen) atoms. The van der Waals surface area contributed by atoms with Gasteiger partial charge in [0.15, 0.2) is 6.20 Å². The number of halogens is 6. The first kappa shape index (κ1) is 19.8. The molecule has 0 fully saturated rings. The number of carbonyl (C=O) groups is 2. The van der Waals surface area contributed by atoms with Gasteiger partial charge >= 0.3 is 24.2 Å². The lowest BCUT2D eigenvalue weighted by Crippen LogP contribution is -2.30. The van der Waals surface area contributed by atoms with E-state index in [9.17, 15) is 35.9 Å². The molecule has 3 rings (SSSR count). The van der Waals surface area contributed by atoms with Crippen LogP contribution in [0.15, 0.2) is 42.6 Å². The molecule has 2 heterocycles. The molecule has 1 N–H and O–H groups in total. The zero-order chi connectivity index (χ0) is 20.7. The third-order valence-corrected chi connectivity index (χ3v) is 4.71. The monoisotopic (exact) mass is 420 g/mol. The highest BCUT2D eigenvalue weighted by Gasteiger charge is 2.43. The summed E-state index contributed by atoms with van der Waals surface area (Å²) in [5, 5.41) is 0.425. The quantitative estimate of drug-likeness (QED) is 0.354. The van der Waals surface area contributed by atoms with Crippen molar-refractivity contribution in [2.75, 3.05) is 0 Å². The predicted octanol–water partition coefficient (Wildman–Crippen LogP) is 4.60. The number of hydrogen-bond donors (Lipinski definition) is 0. The van der Waals surface area contributed by atoms with Crippen molar-refractivity contribution in [1.82, 2.24) is 0 Å². The van der Waals surface area contributed by atoms with Crippen molar-refractivity contribution in [3.8, 4) is 16.3 Å². The number of esters is 1. The molecule has 0 spiro atoms. The summed E-state index contributed by atoms with van der Waals surface area (Å²) in [7, 11) is 0. The van der Waals surface area contributed by atoms with Crippen LogP contribution in [-0.4, -0.2) is 24.1 Å². The van der Waals surface area contributed by atoms with Crippen LogP contribution in [-0.2, 0) is 4.79 Å². The van der Waals surface area contributed by atoms with Gasteiger partial charge in [-0.3, -0.25) is 4.79 Å². The van der Waals surface area contributed by atoms with Crippen molar-refractivity contribution < 1.29 is 45.7 Å². The predicted molar refractivity (Wildman–Crippen MR) is 85.9 cm³/mol. The smallest absolute Gasteiger partial charge is 0.363 e. The lowest BCUT2D eigenvalue weighted by Gasteiger charge is -2.07. The Morgan fingerprint density at radius 3 is 2.25 bits per heavy atom. The molecule has 0 unspecified atom stereocenters. The molecule has 2 aromatic heterocycles. The molecule has 0 bridgehead atoms. The topological polar surface area (TPSA) is 57.5 Å². The van der Waals surface area contributed by atoms with Crippen LogP contribution in [0, 0.1) is 0 Å². The number of alkyl halides is 6. The van der Waals surface area contributed by atoms with Crippen LogP contribution < -0.4 is 9.72 Å². The van der Waals surface area contributed by atoms with Gasteiger partial charge in [0.05, 0.1) is 10.3 Å². The minimum atomic E-state index is -5.20. The van der Waals surface area contributed by atoms with Crippen molar-refractivity contribution in [2.45, 2.75) is 12.4 Å². The summed E-state index contributed by atoms with van der Waals surface area (Å²) in [6.45, 7) is 0. The van der Waals surface area contributed by atoms with E-state index in [1.54, 1.807) is 0 Å². The molecule has 4 nitrogen and oxygen atoms in total.